The summed E-state index contributed by atoms with van der Waals surface area (Å²) in [6.45, 7) is 6.57. The standard InChI is InChI=1S/C20H20O3/c1-20(2,3)16-8-9-17-15(11-16)12-18(23-17)13-6-5-7-14(10-13)19(21)22-4/h5-12H,1-4H3. The van der Waals surface area contributed by atoms with E-state index >= 15 is 0 Å². The van der Waals surface area contributed by atoms with E-state index in [0.717, 1.165) is 22.3 Å². The van der Waals surface area contributed by atoms with E-state index in [2.05, 4.69) is 32.9 Å². The molecule has 0 aliphatic rings. The highest BCUT2D eigenvalue weighted by Crippen LogP contribution is 2.32. The molecule has 0 saturated carbocycles. The van der Waals surface area contributed by atoms with Crippen LogP contribution in [0.25, 0.3) is 22.3 Å². The van der Waals surface area contributed by atoms with E-state index in [0.29, 0.717) is 5.56 Å². The largest absolute Gasteiger partial charge is 0.465 e. The molecule has 0 bridgehead atoms. The fraction of sp³-hybridized carbons (Fsp3) is 0.250. The number of furan rings is 1. The number of carbonyl (C=O) groups excluding carboxylic acids is 1. The maximum Gasteiger partial charge on any atom is 0.337 e. The van der Waals surface area contributed by atoms with Crippen LogP contribution in [0.5, 0.6) is 0 Å². The molecule has 0 N–H and O–H groups in total. The van der Waals surface area contributed by atoms with Crippen LogP contribution in [-0.2, 0) is 10.2 Å². The number of ether oxygens (including phenoxy) is 1. The Balaban J connectivity index is 2.05. The number of methoxy groups -OCH3 is 1. The molecule has 0 aliphatic heterocycles. The van der Waals surface area contributed by atoms with Gasteiger partial charge in [0.2, 0.25) is 0 Å². The third kappa shape index (κ3) is 3.00. The summed E-state index contributed by atoms with van der Waals surface area (Å²) in [5.74, 6) is 0.398. The van der Waals surface area contributed by atoms with Crippen molar-refractivity contribution >= 4 is 16.9 Å². The van der Waals surface area contributed by atoms with Gasteiger partial charge in [0.15, 0.2) is 0 Å². The maximum atomic E-state index is 11.7. The molecule has 1 heterocycles. The first-order chi connectivity index (χ1) is 10.9. The average molecular weight is 308 g/mol. The second-order valence-corrected chi connectivity index (χ2v) is 6.69. The predicted molar refractivity (Wildman–Crippen MR) is 91.7 cm³/mol. The van der Waals surface area contributed by atoms with Crippen molar-refractivity contribution in [1.82, 2.24) is 0 Å². The molecule has 3 nitrogen and oxygen atoms in total. The number of rotatable bonds is 2. The van der Waals surface area contributed by atoms with Crippen LogP contribution in [0.4, 0.5) is 0 Å². The molecular formula is C20H20O3. The first-order valence-electron chi connectivity index (χ1n) is 7.61. The number of fused-ring (bicyclic) bond motifs is 1. The lowest BCUT2D eigenvalue weighted by Crippen LogP contribution is -2.10. The molecule has 2 aromatic carbocycles. The molecule has 0 radical (unpaired) electrons. The zero-order chi connectivity index (χ0) is 16.6. The van der Waals surface area contributed by atoms with Gasteiger partial charge in [-0.25, -0.2) is 4.79 Å². The molecule has 0 aliphatic carbocycles. The van der Waals surface area contributed by atoms with Crippen molar-refractivity contribution < 1.29 is 13.9 Å². The van der Waals surface area contributed by atoms with Gasteiger partial charge in [-0.15, -0.1) is 0 Å². The van der Waals surface area contributed by atoms with Crippen molar-refractivity contribution in [1.29, 1.82) is 0 Å². The number of benzene rings is 2. The van der Waals surface area contributed by atoms with E-state index in [1.54, 1.807) is 12.1 Å². The Kier molecular flexibility index (Phi) is 3.72. The SMILES string of the molecule is COC(=O)c1cccc(-c2cc3cc(C(C)(C)C)ccc3o2)c1. The van der Waals surface area contributed by atoms with Gasteiger partial charge in [0.25, 0.3) is 0 Å². The smallest absolute Gasteiger partial charge is 0.337 e. The summed E-state index contributed by atoms with van der Waals surface area (Å²) in [7, 11) is 1.38. The normalized spacial score (nSPS) is 11.7. The molecule has 0 atom stereocenters. The summed E-state index contributed by atoms with van der Waals surface area (Å²) in [5.41, 5.74) is 3.58. The minimum absolute atomic E-state index is 0.0937. The van der Waals surface area contributed by atoms with E-state index < -0.39 is 0 Å². The van der Waals surface area contributed by atoms with Gasteiger partial charge in [-0.1, -0.05) is 39.0 Å². The zero-order valence-corrected chi connectivity index (χ0v) is 13.8. The number of hydrogen-bond acceptors (Lipinski definition) is 3. The fourth-order valence-corrected chi connectivity index (χ4v) is 2.57. The third-order valence-electron chi connectivity index (χ3n) is 3.95. The van der Waals surface area contributed by atoms with E-state index in [-0.39, 0.29) is 11.4 Å². The van der Waals surface area contributed by atoms with Crippen molar-refractivity contribution in [3.05, 3.63) is 59.7 Å². The Morgan fingerprint density at radius 1 is 1.04 bits per heavy atom. The summed E-state index contributed by atoms with van der Waals surface area (Å²) in [6, 6.07) is 15.5. The summed E-state index contributed by atoms with van der Waals surface area (Å²) in [4.78, 5) is 11.7. The van der Waals surface area contributed by atoms with Crippen LogP contribution >= 0.6 is 0 Å². The van der Waals surface area contributed by atoms with Gasteiger partial charge < -0.3 is 9.15 Å². The van der Waals surface area contributed by atoms with Crippen LogP contribution in [0.2, 0.25) is 0 Å². The van der Waals surface area contributed by atoms with Crippen LogP contribution in [0.1, 0.15) is 36.7 Å². The van der Waals surface area contributed by atoms with E-state index in [9.17, 15) is 4.79 Å². The van der Waals surface area contributed by atoms with Crippen molar-refractivity contribution in [2.45, 2.75) is 26.2 Å². The number of esters is 1. The number of carbonyl (C=O) groups is 1. The van der Waals surface area contributed by atoms with Crippen LogP contribution < -0.4 is 0 Å². The van der Waals surface area contributed by atoms with Gasteiger partial charge in [-0.3, -0.25) is 0 Å². The van der Waals surface area contributed by atoms with Crippen molar-refractivity contribution in [3.63, 3.8) is 0 Å². The summed E-state index contributed by atoms with van der Waals surface area (Å²) >= 11 is 0. The number of hydrogen-bond donors (Lipinski definition) is 0. The molecule has 3 rings (SSSR count). The summed E-state index contributed by atoms with van der Waals surface area (Å²) in [5, 5.41) is 1.07. The lowest BCUT2D eigenvalue weighted by molar-refractivity contribution is 0.0601. The van der Waals surface area contributed by atoms with Gasteiger partial charge in [0, 0.05) is 10.9 Å². The van der Waals surface area contributed by atoms with Gasteiger partial charge >= 0.3 is 5.97 Å². The molecule has 0 unspecified atom stereocenters. The van der Waals surface area contributed by atoms with Gasteiger partial charge in [-0.05, 0) is 41.3 Å². The van der Waals surface area contributed by atoms with E-state index in [1.165, 1.54) is 12.7 Å². The van der Waals surface area contributed by atoms with E-state index in [4.69, 9.17) is 9.15 Å². The Morgan fingerprint density at radius 2 is 1.83 bits per heavy atom. The van der Waals surface area contributed by atoms with Gasteiger partial charge in [-0.2, -0.15) is 0 Å². The van der Waals surface area contributed by atoms with Crippen LogP contribution in [0, 0.1) is 0 Å². The highest BCUT2D eigenvalue weighted by Gasteiger charge is 2.16. The Hall–Kier alpha value is -2.55. The topological polar surface area (TPSA) is 39.4 Å². The molecule has 23 heavy (non-hydrogen) atoms. The average Bonchev–Trinajstić information content (AvgIpc) is 2.96. The molecule has 0 fully saturated rings. The molecule has 1 aromatic heterocycles. The second-order valence-electron chi connectivity index (χ2n) is 6.69. The lowest BCUT2D eigenvalue weighted by atomic mass is 9.86. The Morgan fingerprint density at radius 3 is 2.52 bits per heavy atom. The third-order valence-corrected chi connectivity index (χ3v) is 3.95. The lowest BCUT2D eigenvalue weighted by Gasteiger charge is -2.18. The van der Waals surface area contributed by atoms with Crippen molar-refractivity contribution in [3.8, 4) is 11.3 Å². The molecule has 0 saturated heterocycles. The van der Waals surface area contributed by atoms with Crippen LogP contribution in [0.3, 0.4) is 0 Å². The summed E-state index contributed by atoms with van der Waals surface area (Å²) in [6.07, 6.45) is 0. The fourth-order valence-electron chi connectivity index (χ4n) is 2.57. The maximum absolute atomic E-state index is 11.7. The van der Waals surface area contributed by atoms with Crippen molar-refractivity contribution in [2.75, 3.05) is 7.11 Å². The Labute approximate surface area is 135 Å². The van der Waals surface area contributed by atoms with Crippen LogP contribution in [0.15, 0.2) is 52.9 Å². The monoisotopic (exact) mass is 308 g/mol. The predicted octanol–water partition coefficient (Wildman–Crippen LogP) is 5.18. The molecular weight excluding hydrogens is 288 g/mol. The second kappa shape index (κ2) is 5.58. The minimum Gasteiger partial charge on any atom is -0.465 e. The molecule has 3 heteroatoms. The molecule has 118 valence electrons. The molecule has 0 spiro atoms. The Bertz CT molecular complexity index is 866. The minimum atomic E-state index is -0.349. The van der Waals surface area contributed by atoms with E-state index in [1.807, 2.05) is 24.3 Å². The summed E-state index contributed by atoms with van der Waals surface area (Å²) < 4.78 is 10.7. The van der Waals surface area contributed by atoms with Gasteiger partial charge in [0.05, 0.1) is 12.7 Å². The molecule has 0 amide bonds. The molecule has 3 aromatic rings. The van der Waals surface area contributed by atoms with Crippen molar-refractivity contribution in [2.24, 2.45) is 0 Å². The first kappa shape index (κ1) is 15.3. The first-order valence-corrected chi connectivity index (χ1v) is 7.61. The van der Waals surface area contributed by atoms with Crippen LogP contribution in [-0.4, -0.2) is 13.1 Å². The highest BCUT2D eigenvalue weighted by molar-refractivity contribution is 5.91. The quantitative estimate of drug-likeness (QED) is 0.612. The van der Waals surface area contributed by atoms with Gasteiger partial charge in [0.1, 0.15) is 11.3 Å². The highest BCUT2D eigenvalue weighted by atomic mass is 16.5. The zero-order valence-electron chi connectivity index (χ0n) is 13.8.